The first-order chi connectivity index (χ1) is 7.42. The first-order valence-electron chi connectivity index (χ1n) is 5.27. The fraction of sp³-hybridized carbons (Fsp3) is 0.545. The van der Waals surface area contributed by atoms with Crippen LogP contribution in [0.15, 0.2) is 11.6 Å². The van der Waals surface area contributed by atoms with Crippen LogP contribution < -0.4 is 10.6 Å². The molecule has 1 heterocycles. The number of amides is 4. The Morgan fingerprint density at radius 3 is 2.19 bits per heavy atom. The van der Waals surface area contributed by atoms with Gasteiger partial charge in [0.2, 0.25) is 11.8 Å². The van der Waals surface area contributed by atoms with Crippen LogP contribution in [0, 0.1) is 5.41 Å². The lowest BCUT2D eigenvalue weighted by atomic mass is 9.79. The van der Waals surface area contributed by atoms with Crippen LogP contribution in [-0.4, -0.2) is 17.8 Å². The summed E-state index contributed by atoms with van der Waals surface area (Å²) in [5.41, 5.74) is -0.611. The number of carbonyl (C=O) groups is 3. The molecule has 0 bridgehead atoms. The molecule has 0 spiro atoms. The molecule has 0 atom stereocenters. The van der Waals surface area contributed by atoms with E-state index in [0.717, 1.165) is 12.8 Å². The van der Waals surface area contributed by atoms with Crippen molar-refractivity contribution in [1.29, 1.82) is 0 Å². The van der Waals surface area contributed by atoms with Gasteiger partial charge in [0.1, 0.15) is 5.41 Å². The number of barbiturate groups is 1. The second-order valence-corrected chi connectivity index (χ2v) is 4.04. The molecule has 1 saturated heterocycles. The van der Waals surface area contributed by atoms with Gasteiger partial charge in [-0.1, -0.05) is 25.0 Å². The Morgan fingerprint density at radius 1 is 1.25 bits per heavy atom. The topological polar surface area (TPSA) is 75.3 Å². The third kappa shape index (κ3) is 1.98. The Morgan fingerprint density at radius 2 is 1.75 bits per heavy atom. The summed E-state index contributed by atoms with van der Waals surface area (Å²) in [6.07, 6.45) is 3.60. The number of nitrogens with one attached hydrogen (secondary N) is 2. The molecular weight excluding hydrogens is 208 g/mol. The molecule has 0 aromatic heterocycles. The Hall–Kier alpha value is -1.65. The molecular formula is C11H16N2O3. The minimum Gasteiger partial charge on any atom is -0.277 e. The molecule has 1 aliphatic heterocycles. The predicted octanol–water partition coefficient (Wildman–Crippen LogP) is 1.11. The zero-order chi connectivity index (χ0) is 12.3. The van der Waals surface area contributed by atoms with Gasteiger partial charge < -0.3 is 0 Å². The van der Waals surface area contributed by atoms with Crippen molar-refractivity contribution in [2.45, 2.75) is 33.6 Å². The lowest BCUT2D eigenvalue weighted by molar-refractivity contribution is -0.140. The average Bonchev–Trinajstić information content (AvgIpc) is 2.22. The highest BCUT2D eigenvalue weighted by Crippen LogP contribution is 2.29. The summed E-state index contributed by atoms with van der Waals surface area (Å²) < 4.78 is 0. The van der Waals surface area contributed by atoms with Crippen molar-refractivity contribution in [3.05, 3.63) is 11.6 Å². The second-order valence-electron chi connectivity index (χ2n) is 4.04. The zero-order valence-electron chi connectivity index (χ0n) is 9.72. The minimum atomic E-state index is -1.27. The summed E-state index contributed by atoms with van der Waals surface area (Å²) in [4.78, 5) is 34.3. The number of imide groups is 2. The van der Waals surface area contributed by atoms with Crippen LogP contribution in [0.3, 0.4) is 0 Å². The fourth-order valence-electron chi connectivity index (χ4n) is 1.51. The molecule has 0 unspecified atom stereocenters. The van der Waals surface area contributed by atoms with E-state index in [-0.39, 0.29) is 0 Å². The summed E-state index contributed by atoms with van der Waals surface area (Å²) in [6, 6.07) is -0.754. The molecule has 0 aromatic carbocycles. The maximum atomic E-state index is 11.7. The van der Waals surface area contributed by atoms with Crippen molar-refractivity contribution in [2.24, 2.45) is 5.41 Å². The molecule has 2 N–H and O–H groups in total. The van der Waals surface area contributed by atoms with E-state index in [0.29, 0.717) is 5.57 Å². The highest BCUT2D eigenvalue weighted by atomic mass is 16.2. The molecule has 1 aliphatic rings. The number of urea groups is 1. The number of carbonyl (C=O) groups excluding carboxylic acids is 3. The highest BCUT2D eigenvalue weighted by Gasteiger charge is 2.47. The van der Waals surface area contributed by atoms with E-state index < -0.39 is 23.3 Å². The molecule has 16 heavy (non-hydrogen) atoms. The van der Waals surface area contributed by atoms with Crippen molar-refractivity contribution in [3.63, 3.8) is 0 Å². The van der Waals surface area contributed by atoms with E-state index in [4.69, 9.17) is 0 Å². The van der Waals surface area contributed by atoms with Crippen LogP contribution in [0.1, 0.15) is 33.6 Å². The number of hydrogen-bond donors (Lipinski definition) is 2. The second kappa shape index (κ2) is 4.47. The van der Waals surface area contributed by atoms with Gasteiger partial charge in [-0.3, -0.25) is 20.2 Å². The van der Waals surface area contributed by atoms with E-state index in [1.165, 1.54) is 6.92 Å². The summed E-state index contributed by atoms with van der Waals surface area (Å²) >= 11 is 0. The summed E-state index contributed by atoms with van der Waals surface area (Å²) in [7, 11) is 0. The molecule has 5 heteroatoms. The summed E-state index contributed by atoms with van der Waals surface area (Å²) in [5, 5.41) is 4.21. The van der Waals surface area contributed by atoms with Gasteiger partial charge in [0, 0.05) is 0 Å². The molecule has 0 radical (unpaired) electrons. The molecule has 4 amide bonds. The lowest BCUT2D eigenvalue weighted by Gasteiger charge is -2.31. The monoisotopic (exact) mass is 224 g/mol. The maximum Gasteiger partial charge on any atom is 0.328 e. The first kappa shape index (κ1) is 12.4. The third-order valence-electron chi connectivity index (χ3n) is 2.89. The van der Waals surface area contributed by atoms with E-state index in [1.54, 1.807) is 6.92 Å². The number of allylic oxidation sites excluding steroid dienone is 1. The van der Waals surface area contributed by atoms with Gasteiger partial charge in [0.15, 0.2) is 0 Å². The van der Waals surface area contributed by atoms with Crippen molar-refractivity contribution in [3.8, 4) is 0 Å². The zero-order valence-corrected chi connectivity index (χ0v) is 9.72. The molecule has 88 valence electrons. The van der Waals surface area contributed by atoms with E-state index in [1.807, 2.05) is 13.0 Å². The normalized spacial score (nSPS) is 20.4. The average molecular weight is 224 g/mol. The predicted molar refractivity (Wildman–Crippen MR) is 58.5 cm³/mol. The molecule has 1 fully saturated rings. The number of unbranched alkanes of at least 4 members (excludes halogenated alkanes) is 1. The van der Waals surface area contributed by atoms with Crippen LogP contribution in [0.2, 0.25) is 0 Å². The van der Waals surface area contributed by atoms with Gasteiger partial charge in [-0.25, -0.2) is 4.79 Å². The van der Waals surface area contributed by atoms with Crippen molar-refractivity contribution < 1.29 is 14.4 Å². The number of rotatable bonds is 3. The molecule has 1 rings (SSSR count). The van der Waals surface area contributed by atoms with Crippen LogP contribution in [-0.2, 0) is 9.59 Å². The fourth-order valence-corrected chi connectivity index (χ4v) is 1.51. The number of hydrogen-bond acceptors (Lipinski definition) is 3. The van der Waals surface area contributed by atoms with Gasteiger partial charge in [-0.15, -0.1) is 0 Å². The van der Waals surface area contributed by atoms with Crippen molar-refractivity contribution in [1.82, 2.24) is 10.6 Å². The van der Waals surface area contributed by atoms with E-state index in [9.17, 15) is 14.4 Å². The molecule has 0 aromatic rings. The van der Waals surface area contributed by atoms with Crippen LogP contribution >= 0.6 is 0 Å². The molecule has 0 saturated carbocycles. The van der Waals surface area contributed by atoms with E-state index in [2.05, 4.69) is 10.6 Å². The minimum absolute atomic E-state index is 0.564. The quantitative estimate of drug-likeness (QED) is 0.557. The van der Waals surface area contributed by atoms with Gasteiger partial charge in [0.25, 0.3) is 0 Å². The third-order valence-corrected chi connectivity index (χ3v) is 2.89. The van der Waals surface area contributed by atoms with Crippen LogP contribution in [0.4, 0.5) is 4.79 Å². The van der Waals surface area contributed by atoms with Gasteiger partial charge in [-0.2, -0.15) is 0 Å². The molecule has 0 aliphatic carbocycles. The standard InChI is InChI=1S/C11H16N2O3/c1-4-5-6-7(2)11(3)8(14)12-10(16)13-9(11)15/h6H,4-5H2,1-3H3,(H2,12,13,14,15,16). The smallest absolute Gasteiger partial charge is 0.277 e. The van der Waals surface area contributed by atoms with Gasteiger partial charge >= 0.3 is 6.03 Å². The summed E-state index contributed by atoms with van der Waals surface area (Å²) in [5.74, 6) is -1.13. The van der Waals surface area contributed by atoms with Crippen molar-refractivity contribution in [2.75, 3.05) is 0 Å². The van der Waals surface area contributed by atoms with Crippen molar-refractivity contribution >= 4 is 17.8 Å². The van der Waals surface area contributed by atoms with Crippen LogP contribution in [0.5, 0.6) is 0 Å². The molecule has 5 nitrogen and oxygen atoms in total. The summed E-state index contributed by atoms with van der Waals surface area (Å²) in [6.45, 7) is 5.26. The van der Waals surface area contributed by atoms with Gasteiger partial charge in [0.05, 0.1) is 0 Å². The van der Waals surface area contributed by atoms with Gasteiger partial charge in [-0.05, 0) is 20.3 Å². The SMILES string of the molecule is CCCC=C(C)C1(C)C(=O)NC(=O)NC1=O. The van der Waals surface area contributed by atoms with Crippen LogP contribution in [0.25, 0.3) is 0 Å². The Kier molecular flexibility index (Phi) is 3.47. The highest BCUT2D eigenvalue weighted by molar-refractivity contribution is 6.20. The van der Waals surface area contributed by atoms with E-state index >= 15 is 0 Å². The largest absolute Gasteiger partial charge is 0.328 e. The lowest BCUT2D eigenvalue weighted by Crippen LogP contribution is -2.61. The Balaban J connectivity index is 3.02. The first-order valence-corrected chi connectivity index (χ1v) is 5.27. The maximum absolute atomic E-state index is 11.7. The Bertz CT molecular complexity index is 351. The Labute approximate surface area is 94.3 Å².